The molecule has 1 aromatic rings. The van der Waals surface area contributed by atoms with E-state index in [9.17, 15) is 0 Å². The van der Waals surface area contributed by atoms with Gasteiger partial charge in [0.15, 0.2) is 0 Å². The summed E-state index contributed by atoms with van der Waals surface area (Å²) in [6.07, 6.45) is 1.10. The Balaban J connectivity index is 2.94. The zero-order valence-electron chi connectivity index (χ0n) is 8.15. The number of hydrogen-bond donors (Lipinski definition) is 1. The molecule has 0 aromatic heterocycles. The van der Waals surface area contributed by atoms with E-state index in [0.29, 0.717) is 0 Å². The monoisotopic (exact) mass is 163 g/mol. The zero-order valence-corrected chi connectivity index (χ0v) is 8.15. The minimum atomic E-state index is 0.996. The summed E-state index contributed by atoms with van der Waals surface area (Å²) in [5.41, 5.74) is 4.04. The van der Waals surface area contributed by atoms with Crippen molar-refractivity contribution in [2.45, 2.75) is 27.2 Å². The topological polar surface area (TPSA) is 12.0 Å². The van der Waals surface area contributed by atoms with E-state index in [0.717, 1.165) is 13.0 Å². The van der Waals surface area contributed by atoms with Crippen LogP contribution in [0.15, 0.2) is 18.2 Å². The van der Waals surface area contributed by atoms with E-state index in [1.807, 2.05) is 0 Å². The number of hydrogen-bond acceptors (Lipinski definition) is 1. The first-order valence-electron chi connectivity index (χ1n) is 4.61. The van der Waals surface area contributed by atoms with E-state index in [4.69, 9.17) is 0 Å². The van der Waals surface area contributed by atoms with Crippen molar-refractivity contribution >= 4 is 5.69 Å². The minimum Gasteiger partial charge on any atom is -0.385 e. The van der Waals surface area contributed by atoms with Gasteiger partial charge in [-0.1, -0.05) is 24.6 Å². The second-order valence-corrected chi connectivity index (χ2v) is 3.04. The number of rotatable bonds is 3. The number of nitrogens with one attached hydrogen (secondary N) is 1. The van der Waals surface area contributed by atoms with Gasteiger partial charge < -0.3 is 5.32 Å². The zero-order chi connectivity index (χ0) is 8.97. The summed E-state index contributed by atoms with van der Waals surface area (Å²) >= 11 is 0. The Hall–Kier alpha value is -0.980. The molecule has 1 N–H and O–H groups in total. The molecule has 66 valence electrons. The van der Waals surface area contributed by atoms with Crippen molar-refractivity contribution in [2.24, 2.45) is 0 Å². The van der Waals surface area contributed by atoms with E-state index in [1.165, 1.54) is 16.8 Å². The highest BCUT2D eigenvalue weighted by atomic mass is 14.9. The van der Waals surface area contributed by atoms with E-state index in [1.54, 1.807) is 0 Å². The maximum Gasteiger partial charge on any atom is 0.0372 e. The second kappa shape index (κ2) is 4.15. The van der Waals surface area contributed by atoms with Crippen LogP contribution in [0.1, 0.15) is 25.0 Å². The summed E-state index contributed by atoms with van der Waals surface area (Å²) in [7, 11) is 0. The average molecular weight is 163 g/mol. The van der Waals surface area contributed by atoms with Crippen molar-refractivity contribution in [1.29, 1.82) is 0 Å². The lowest BCUT2D eigenvalue weighted by atomic mass is 10.1. The lowest BCUT2D eigenvalue weighted by molar-refractivity contribution is 1.11. The largest absolute Gasteiger partial charge is 0.385 e. The molecule has 1 heteroatoms. The highest BCUT2D eigenvalue weighted by Gasteiger charge is 1.98. The maximum absolute atomic E-state index is 3.35. The van der Waals surface area contributed by atoms with Crippen molar-refractivity contribution < 1.29 is 0 Å². The number of aryl methyl sites for hydroxylation is 2. The van der Waals surface area contributed by atoms with Gasteiger partial charge in [0.2, 0.25) is 0 Å². The lowest BCUT2D eigenvalue weighted by Crippen LogP contribution is -2.00. The highest BCUT2D eigenvalue weighted by Crippen LogP contribution is 2.17. The molecule has 0 saturated carbocycles. The molecule has 0 aliphatic rings. The van der Waals surface area contributed by atoms with Gasteiger partial charge in [0, 0.05) is 12.2 Å². The maximum atomic E-state index is 3.35. The first kappa shape index (κ1) is 9.11. The van der Waals surface area contributed by atoms with E-state index < -0.39 is 0 Å². The first-order chi connectivity index (χ1) is 5.77. The predicted molar refractivity (Wildman–Crippen MR) is 54.7 cm³/mol. The molecular formula is C11H17N. The third-order valence-corrected chi connectivity index (χ3v) is 2.01. The van der Waals surface area contributed by atoms with Crippen LogP contribution in [0.25, 0.3) is 0 Å². The van der Waals surface area contributed by atoms with E-state index in [-0.39, 0.29) is 0 Å². The van der Waals surface area contributed by atoms with Crippen LogP contribution in [-0.4, -0.2) is 6.54 Å². The molecule has 0 heterocycles. The van der Waals surface area contributed by atoms with Crippen molar-refractivity contribution in [1.82, 2.24) is 0 Å². The fraction of sp³-hybridized carbons (Fsp3) is 0.455. The van der Waals surface area contributed by atoms with Crippen LogP contribution in [0.4, 0.5) is 5.69 Å². The Morgan fingerprint density at radius 3 is 2.58 bits per heavy atom. The molecule has 0 aliphatic heterocycles. The van der Waals surface area contributed by atoms with Crippen LogP contribution in [-0.2, 0) is 6.42 Å². The smallest absolute Gasteiger partial charge is 0.0372 e. The van der Waals surface area contributed by atoms with Crippen LogP contribution < -0.4 is 5.32 Å². The summed E-state index contributed by atoms with van der Waals surface area (Å²) in [4.78, 5) is 0. The summed E-state index contributed by atoms with van der Waals surface area (Å²) < 4.78 is 0. The van der Waals surface area contributed by atoms with Crippen LogP contribution in [0.2, 0.25) is 0 Å². The van der Waals surface area contributed by atoms with Gasteiger partial charge in [0.05, 0.1) is 0 Å². The van der Waals surface area contributed by atoms with Gasteiger partial charge in [-0.2, -0.15) is 0 Å². The second-order valence-electron chi connectivity index (χ2n) is 3.04. The molecule has 0 amide bonds. The molecule has 0 radical (unpaired) electrons. The van der Waals surface area contributed by atoms with Gasteiger partial charge in [-0.25, -0.2) is 0 Å². The quantitative estimate of drug-likeness (QED) is 0.722. The van der Waals surface area contributed by atoms with E-state index in [2.05, 4.69) is 44.3 Å². The Kier molecular flexibility index (Phi) is 3.15. The number of benzene rings is 1. The molecule has 0 aliphatic carbocycles. The Bertz CT molecular complexity index is 253. The molecule has 0 saturated heterocycles. The van der Waals surface area contributed by atoms with Gasteiger partial charge in [-0.15, -0.1) is 0 Å². The van der Waals surface area contributed by atoms with Crippen LogP contribution >= 0.6 is 0 Å². The molecule has 12 heavy (non-hydrogen) atoms. The molecule has 0 unspecified atom stereocenters. The van der Waals surface area contributed by atoms with Gasteiger partial charge >= 0.3 is 0 Å². The fourth-order valence-corrected chi connectivity index (χ4v) is 1.38. The lowest BCUT2D eigenvalue weighted by Gasteiger charge is -2.09. The predicted octanol–water partition coefficient (Wildman–Crippen LogP) is 2.99. The highest BCUT2D eigenvalue weighted by molar-refractivity contribution is 5.52. The molecule has 0 atom stereocenters. The molecule has 0 spiro atoms. The van der Waals surface area contributed by atoms with Gasteiger partial charge in [-0.05, 0) is 31.9 Å². The summed E-state index contributed by atoms with van der Waals surface area (Å²) in [5, 5.41) is 3.35. The summed E-state index contributed by atoms with van der Waals surface area (Å²) in [6, 6.07) is 6.56. The molecule has 1 nitrogen and oxygen atoms in total. The minimum absolute atomic E-state index is 0.996. The van der Waals surface area contributed by atoms with E-state index >= 15 is 0 Å². The molecular weight excluding hydrogens is 146 g/mol. The van der Waals surface area contributed by atoms with Crippen LogP contribution in [0.5, 0.6) is 0 Å². The van der Waals surface area contributed by atoms with Crippen molar-refractivity contribution in [3.63, 3.8) is 0 Å². The van der Waals surface area contributed by atoms with Crippen molar-refractivity contribution in [3.8, 4) is 0 Å². The van der Waals surface area contributed by atoms with Gasteiger partial charge in [0.25, 0.3) is 0 Å². The third-order valence-electron chi connectivity index (χ3n) is 2.01. The molecule has 0 bridgehead atoms. The Labute approximate surface area is 74.8 Å². The normalized spacial score (nSPS) is 9.92. The standard InChI is InChI=1S/C11H17N/c1-4-10-8-9(3)6-7-11(10)12-5-2/h6-8,12H,4-5H2,1-3H3. The first-order valence-corrected chi connectivity index (χ1v) is 4.61. The molecule has 1 rings (SSSR count). The Morgan fingerprint density at radius 1 is 1.25 bits per heavy atom. The molecule has 0 fully saturated rings. The Morgan fingerprint density at radius 2 is 2.00 bits per heavy atom. The third kappa shape index (κ3) is 2.00. The van der Waals surface area contributed by atoms with Crippen LogP contribution in [0, 0.1) is 6.92 Å². The summed E-state index contributed by atoms with van der Waals surface area (Å²) in [5.74, 6) is 0. The van der Waals surface area contributed by atoms with Crippen LogP contribution in [0.3, 0.4) is 0 Å². The SMILES string of the molecule is CCNc1ccc(C)cc1CC. The van der Waals surface area contributed by atoms with Gasteiger partial charge in [0.1, 0.15) is 0 Å². The molecule has 1 aromatic carbocycles. The van der Waals surface area contributed by atoms with Crippen molar-refractivity contribution in [2.75, 3.05) is 11.9 Å². The summed E-state index contributed by atoms with van der Waals surface area (Å²) in [6.45, 7) is 7.44. The average Bonchev–Trinajstić information content (AvgIpc) is 2.08. The number of anilines is 1. The van der Waals surface area contributed by atoms with Gasteiger partial charge in [-0.3, -0.25) is 0 Å². The fourth-order valence-electron chi connectivity index (χ4n) is 1.38. The van der Waals surface area contributed by atoms with Crippen molar-refractivity contribution in [3.05, 3.63) is 29.3 Å².